The Kier molecular flexibility index (Phi) is 2.72. The molecule has 2 aliphatic rings. The molecule has 0 unspecified atom stereocenters. The average Bonchev–Trinajstić information content (AvgIpc) is 2.95. The van der Waals surface area contributed by atoms with Gasteiger partial charge in [0.15, 0.2) is 0 Å². The summed E-state index contributed by atoms with van der Waals surface area (Å²) >= 11 is 0. The summed E-state index contributed by atoms with van der Waals surface area (Å²) in [6.45, 7) is 10.1. The van der Waals surface area contributed by atoms with Gasteiger partial charge in [-0.2, -0.15) is 0 Å². The predicted molar refractivity (Wildman–Crippen MR) is 85.1 cm³/mol. The van der Waals surface area contributed by atoms with E-state index in [0.29, 0.717) is 5.16 Å². The zero-order valence-electron chi connectivity index (χ0n) is 12.1. The summed E-state index contributed by atoms with van der Waals surface area (Å²) in [6, 6.07) is 8.95. The predicted octanol–water partition coefficient (Wildman–Crippen LogP) is 4.92. The molecule has 0 aromatic heterocycles. The molecule has 0 nitrogen and oxygen atoms in total. The fourth-order valence-corrected chi connectivity index (χ4v) is 8.86. The molecule has 0 heterocycles. The number of rotatable bonds is 3. The standard InChI is InChI=1S/C17H25P/c1-13(2)18(4,17(3)9-10-17)16-11-14-7-5-6-8-15(14)12-16/h5-8,11,13,18H,9-10,12H2,1-4H3. The Hall–Kier alpha value is -0.610. The molecule has 0 atom stereocenters. The summed E-state index contributed by atoms with van der Waals surface area (Å²) in [7, 11) is -1.32. The molecule has 3 rings (SSSR count). The molecular formula is C17H25P. The summed E-state index contributed by atoms with van der Waals surface area (Å²) in [6.07, 6.45) is 6.68. The van der Waals surface area contributed by atoms with Crippen LogP contribution in [0.15, 0.2) is 29.6 Å². The Labute approximate surface area is 112 Å². The summed E-state index contributed by atoms with van der Waals surface area (Å²) in [5.74, 6) is 0. The number of hydrogen-bond acceptors (Lipinski definition) is 0. The van der Waals surface area contributed by atoms with Crippen molar-refractivity contribution >= 4 is 13.3 Å². The van der Waals surface area contributed by atoms with Crippen molar-refractivity contribution in [3.05, 3.63) is 40.7 Å². The molecule has 0 amide bonds. The third kappa shape index (κ3) is 1.62. The Morgan fingerprint density at radius 1 is 1.17 bits per heavy atom. The second kappa shape index (κ2) is 3.94. The first-order valence-electron chi connectivity index (χ1n) is 7.26. The Morgan fingerprint density at radius 3 is 2.39 bits per heavy atom. The molecule has 0 N–H and O–H groups in total. The van der Waals surface area contributed by atoms with Crippen molar-refractivity contribution in [2.45, 2.75) is 50.8 Å². The van der Waals surface area contributed by atoms with E-state index in [2.05, 4.69) is 57.8 Å². The summed E-state index contributed by atoms with van der Waals surface area (Å²) < 4.78 is 0. The maximum atomic E-state index is 2.64. The van der Waals surface area contributed by atoms with Crippen molar-refractivity contribution in [2.75, 3.05) is 6.66 Å². The quantitative estimate of drug-likeness (QED) is 0.676. The van der Waals surface area contributed by atoms with E-state index in [1.165, 1.54) is 24.8 Å². The summed E-state index contributed by atoms with van der Waals surface area (Å²) in [5, 5.41) is 2.48. The van der Waals surface area contributed by atoms with E-state index < -0.39 is 7.26 Å². The van der Waals surface area contributed by atoms with Crippen LogP contribution in [0.5, 0.6) is 0 Å². The zero-order chi connectivity index (χ0) is 13.0. The molecule has 0 bridgehead atoms. The van der Waals surface area contributed by atoms with Crippen LogP contribution >= 0.6 is 7.26 Å². The molecule has 1 heteroatoms. The van der Waals surface area contributed by atoms with Gasteiger partial charge in [-0.05, 0) is 0 Å². The fourth-order valence-electron chi connectivity index (χ4n) is 3.78. The van der Waals surface area contributed by atoms with Gasteiger partial charge in [0, 0.05) is 0 Å². The number of benzene rings is 1. The van der Waals surface area contributed by atoms with Crippen LogP contribution in [0.4, 0.5) is 0 Å². The van der Waals surface area contributed by atoms with Crippen molar-refractivity contribution < 1.29 is 0 Å². The van der Waals surface area contributed by atoms with Gasteiger partial charge in [0.05, 0.1) is 0 Å². The average molecular weight is 260 g/mol. The van der Waals surface area contributed by atoms with Gasteiger partial charge in [0.2, 0.25) is 0 Å². The molecule has 98 valence electrons. The third-order valence-electron chi connectivity index (χ3n) is 5.84. The van der Waals surface area contributed by atoms with Gasteiger partial charge in [-0.15, -0.1) is 0 Å². The Morgan fingerprint density at radius 2 is 1.83 bits per heavy atom. The van der Waals surface area contributed by atoms with Crippen LogP contribution in [-0.2, 0) is 6.42 Å². The Bertz CT molecular complexity index is 508. The first-order valence-corrected chi connectivity index (χ1v) is 9.84. The minimum absolute atomic E-state index is 0.676. The molecule has 0 aliphatic heterocycles. The monoisotopic (exact) mass is 260 g/mol. The van der Waals surface area contributed by atoms with Crippen LogP contribution in [-0.4, -0.2) is 17.5 Å². The normalized spacial score (nSPS) is 21.7. The molecule has 1 saturated carbocycles. The van der Waals surface area contributed by atoms with E-state index >= 15 is 0 Å². The van der Waals surface area contributed by atoms with Crippen molar-refractivity contribution in [1.29, 1.82) is 0 Å². The SMILES string of the molecule is CC(C)[PH](C)(C1=Cc2ccccc2C1)C1(C)CC1. The molecule has 0 saturated heterocycles. The van der Waals surface area contributed by atoms with Crippen LogP contribution in [0, 0.1) is 0 Å². The van der Waals surface area contributed by atoms with E-state index in [9.17, 15) is 0 Å². The van der Waals surface area contributed by atoms with Crippen molar-refractivity contribution in [3.63, 3.8) is 0 Å². The van der Waals surface area contributed by atoms with E-state index in [-0.39, 0.29) is 0 Å². The second-order valence-electron chi connectivity index (χ2n) is 6.96. The molecule has 1 aromatic rings. The third-order valence-corrected chi connectivity index (χ3v) is 12.8. The van der Waals surface area contributed by atoms with Gasteiger partial charge in [0.25, 0.3) is 0 Å². The van der Waals surface area contributed by atoms with Gasteiger partial charge in [-0.25, -0.2) is 0 Å². The van der Waals surface area contributed by atoms with Crippen LogP contribution in [0.2, 0.25) is 0 Å². The summed E-state index contributed by atoms with van der Waals surface area (Å²) in [5.41, 5.74) is 3.89. The molecule has 0 spiro atoms. The molecule has 1 fully saturated rings. The van der Waals surface area contributed by atoms with Crippen molar-refractivity contribution in [3.8, 4) is 0 Å². The van der Waals surface area contributed by atoms with Crippen molar-refractivity contribution in [1.82, 2.24) is 0 Å². The van der Waals surface area contributed by atoms with E-state index in [1.807, 2.05) is 0 Å². The van der Waals surface area contributed by atoms with Crippen LogP contribution < -0.4 is 0 Å². The molecule has 0 radical (unpaired) electrons. The minimum atomic E-state index is -1.32. The van der Waals surface area contributed by atoms with Crippen LogP contribution in [0.25, 0.3) is 6.08 Å². The summed E-state index contributed by atoms with van der Waals surface area (Å²) in [4.78, 5) is 0. The Balaban J connectivity index is 2.01. The van der Waals surface area contributed by atoms with E-state index in [1.54, 1.807) is 10.9 Å². The number of fused-ring (bicyclic) bond motifs is 1. The van der Waals surface area contributed by atoms with Gasteiger partial charge in [-0.1, -0.05) is 0 Å². The first kappa shape index (κ1) is 12.4. The number of allylic oxidation sites excluding steroid dienone is 1. The fraction of sp³-hybridized carbons (Fsp3) is 0.529. The molecule has 18 heavy (non-hydrogen) atoms. The second-order valence-corrected chi connectivity index (χ2v) is 12.4. The van der Waals surface area contributed by atoms with Gasteiger partial charge in [0.1, 0.15) is 0 Å². The number of hydrogen-bond donors (Lipinski definition) is 0. The van der Waals surface area contributed by atoms with Gasteiger partial charge >= 0.3 is 112 Å². The molecule has 1 aromatic carbocycles. The molecule has 2 aliphatic carbocycles. The van der Waals surface area contributed by atoms with Crippen LogP contribution in [0.1, 0.15) is 44.7 Å². The topological polar surface area (TPSA) is 0 Å². The van der Waals surface area contributed by atoms with Gasteiger partial charge < -0.3 is 0 Å². The van der Waals surface area contributed by atoms with E-state index in [4.69, 9.17) is 0 Å². The first-order chi connectivity index (χ1) is 8.47. The maximum absolute atomic E-state index is 2.64. The van der Waals surface area contributed by atoms with E-state index in [0.717, 1.165) is 5.66 Å². The van der Waals surface area contributed by atoms with Crippen LogP contribution in [0.3, 0.4) is 0 Å². The molecular weight excluding hydrogens is 235 g/mol. The van der Waals surface area contributed by atoms with Gasteiger partial charge in [-0.3, -0.25) is 0 Å². The van der Waals surface area contributed by atoms with Crippen molar-refractivity contribution in [2.24, 2.45) is 0 Å². The zero-order valence-corrected chi connectivity index (χ0v) is 13.1.